The number of aryl methyl sites for hydroxylation is 1. The average Bonchev–Trinajstić information content (AvgIpc) is 3.40. The summed E-state index contributed by atoms with van der Waals surface area (Å²) in [5, 5.41) is 0. The van der Waals surface area contributed by atoms with Gasteiger partial charge in [-0.25, -0.2) is 4.90 Å². The maximum absolute atomic E-state index is 13.5. The first kappa shape index (κ1) is 21.1. The molecule has 2 heterocycles. The molecule has 2 aliphatic heterocycles. The number of anilines is 1. The molecule has 2 saturated heterocycles. The van der Waals surface area contributed by atoms with E-state index in [2.05, 4.69) is 0 Å². The zero-order valence-corrected chi connectivity index (χ0v) is 17.7. The Bertz CT molecular complexity index is 982. The Morgan fingerprint density at radius 2 is 1.97 bits per heavy atom. The third-order valence-corrected chi connectivity index (χ3v) is 5.79. The van der Waals surface area contributed by atoms with Gasteiger partial charge in [-0.05, 0) is 50.1 Å². The number of benzene rings is 2. The van der Waals surface area contributed by atoms with Gasteiger partial charge in [0.2, 0.25) is 5.91 Å². The molecule has 0 N–H and O–H groups in total. The molecule has 0 aromatic heterocycles. The van der Waals surface area contributed by atoms with Crippen LogP contribution in [0.4, 0.5) is 5.69 Å². The zero-order chi connectivity index (χ0) is 22.0. The summed E-state index contributed by atoms with van der Waals surface area (Å²) in [6.07, 6.45) is 1.54. The number of carbonyl (C=O) groups is 3. The monoisotopic (exact) mass is 422 g/mol. The van der Waals surface area contributed by atoms with E-state index in [9.17, 15) is 14.4 Å². The standard InChI is InChI=1S/C24H26N2O5/c1-16-8-10-18(11-9-16)26-22(27)14-21(24(26)29)25(15-20-7-4-12-31-20)23(28)17-5-3-6-19(13-17)30-2/h3,5-6,8-11,13,20-21H,4,7,12,14-15H2,1-2H3. The fourth-order valence-electron chi connectivity index (χ4n) is 4.11. The van der Waals surface area contributed by atoms with Crippen LogP contribution in [0.1, 0.15) is 35.2 Å². The van der Waals surface area contributed by atoms with E-state index < -0.39 is 6.04 Å². The van der Waals surface area contributed by atoms with Crippen molar-refractivity contribution in [2.45, 2.75) is 38.3 Å². The first-order chi connectivity index (χ1) is 15.0. The van der Waals surface area contributed by atoms with E-state index in [0.717, 1.165) is 18.4 Å². The van der Waals surface area contributed by atoms with E-state index in [-0.39, 0.29) is 36.8 Å². The van der Waals surface area contributed by atoms with Gasteiger partial charge in [-0.1, -0.05) is 23.8 Å². The van der Waals surface area contributed by atoms with Gasteiger partial charge in [0.25, 0.3) is 11.8 Å². The summed E-state index contributed by atoms with van der Waals surface area (Å²) in [7, 11) is 1.53. The zero-order valence-electron chi connectivity index (χ0n) is 17.7. The summed E-state index contributed by atoms with van der Waals surface area (Å²) in [5.41, 5.74) is 1.97. The fraction of sp³-hybridized carbons (Fsp3) is 0.375. The smallest absolute Gasteiger partial charge is 0.257 e. The van der Waals surface area contributed by atoms with Crippen LogP contribution in [0.5, 0.6) is 5.75 Å². The molecule has 7 heteroatoms. The first-order valence-electron chi connectivity index (χ1n) is 10.5. The van der Waals surface area contributed by atoms with Crippen molar-refractivity contribution in [2.75, 3.05) is 25.2 Å². The lowest BCUT2D eigenvalue weighted by Crippen LogP contribution is -2.48. The number of amides is 3. The molecule has 7 nitrogen and oxygen atoms in total. The van der Waals surface area contributed by atoms with E-state index in [1.807, 2.05) is 19.1 Å². The molecule has 31 heavy (non-hydrogen) atoms. The number of nitrogens with zero attached hydrogens (tertiary/aromatic N) is 2. The number of methoxy groups -OCH3 is 1. The van der Waals surface area contributed by atoms with Gasteiger partial charge in [0.1, 0.15) is 11.8 Å². The quantitative estimate of drug-likeness (QED) is 0.669. The minimum atomic E-state index is -0.864. The SMILES string of the molecule is COc1cccc(C(=O)N(CC2CCCO2)C2CC(=O)N(c3ccc(C)cc3)C2=O)c1. The van der Waals surface area contributed by atoms with Crippen LogP contribution in [0.25, 0.3) is 0 Å². The lowest BCUT2D eigenvalue weighted by atomic mass is 10.1. The van der Waals surface area contributed by atoms with Gasteiger partial charge >= 0.3 is 0 Å². The third-order valence-electron chi connectivity index (χ3n) is 5.79. The fourth-order valence-corrected chi connectivity index (χ4v) is 4.11. The van der Waals surface area contributed by atoms with Crippen molar-refractivity contribution in [3.63, 3.8) is 0 Å². The Morgan fingerprint density at radius 1 is 1.19 bits per heavy atom. The highest BCUT2D eigenvalue weighted by molar-refractivity contribution is 6.23. The average molecular weight is 422 g/mol. The largest absolute Gasteiger partial charge is 0.497 e. The Kier molecular flexibility index (Phi) is 6.04. The maximum atomic E-state index is 13.5. The summed E-state index contributed by atoms with van der Waals surface area (Å²) < 4.78 is 11.0. The van der Waals surface area contributed by atoms with Gasteiger partial charge in [0, 0.05) is 18.7 Å². The predicted octanol–water partition coefficient (Wildman–Crippen LogP) is 2.96. The number of hydrogen-bond acceptors (Lipinski definition) is 5. The van der Waals surface area contributed by atoms with Crippen molar-refractivity contribution in [1.29, 1.82) is 0 Å². The summed E-state index contributed by atoms with van der Waals surface area (Å²) in [6.45, 7) is 2.84. The van der Waals surface area contributed by atoms with Gasteiger partial charge in [-0.2, -0.15) is 0 Å². The van der Waals surface area contributed by atoms with Crippen molar-refractivity contribution in [3.05, 3.63) is 59.7 Å². The second kappa shape index (κ2) is 8.89. The summed E-state index contributed by atoms with van der Waals surface area (Å²) in [5.74, 6) is -0.456. The Labute approximate surface area is 181 Å². The van der Waals surface area contributed by atoms with Gasteiger partial charge in [-0.3, -0.25) is 14.4 Å². The molecule has 0 bridgehead atoms. The van der Waals surface area contributed by atoms with E-state index in [0.29, 0.717) is 23.6 Å². The second-order valence-corrected chi connectivity index (χ2v) is 7.95. The van der Waals surface area contributed by atoms with Crippen LogP contribution in [0.2, 0.25) is 0 Å². The normalized spacial score (nSPS) is 20.9. The molecule has 3 amide bonds. The third kappa shape index (κ3) is 4.32. The van der Waals surface area contributed by atoms with Crippen LogP contribution in [0, 0.1) is 6.92 Å². The van der Waals surface area contributed by atoms with Crippen LogP contribution in [0.15, 0.2) is 48.5 Å². The van der Waals surface area contributed by atoms with Crippen LogP contribution in [-0.2, 0) is 14.3 Å². The molecule has 2 atom stereocenters. The molecular weight excluding hydrogens is 396 g/mol. The van der Waals surface area contributed by atoms with Gasteiger partial charge in [0.05, 0.1) is 25.3 Å². The van der Waals surface area contributed by atoms with Gasteiger partial charge in [0.15, 0.2) is 0 Å². The van der Waals surface area contributed by atoms with Crippen LogP contribution >= 0.6 is 0 Å². The molecule has 162 valence electrons. The second-order valence-electron chi connectivity index (χ2n) is 7.95. The molecule has 0 radical (unpaired) electrons. The number of hydrogen-bond donors (Lipinski definition) is 0. The molecule has 2 aromatic carbocycles. The number of ether oxygens (including phenoxy) is 2. The topological polar surface area (TPSA) is 76.2 Å². The van der Waals surface area contributed by atoms with Crippen LogP contribution < -0.4 is 9.64 Å². The predicted molar refractivity (Wildman–Crippen MR) is 115 cm³/mol. The van der Waals surface area contributed by atoms with Gasteiger partial charge < -0.3 is 14.4 Å². The Hall–Kier alpha value is -3.19. The van der Waals surface area contributed by atoms with E-state index in [1.165, 1.54) is 16.9 Å². The molecule has 2 unspecified atom stereocenters. The number of carbonyl (C=O) groups excluding carboxylic acids is 3. The number of rotatable bonds is 6. The highest BCUT2D eigenvalue weighted by Gasteiger charge is 2.45. The van der Waals surface area contributed by atoms with E-state index >= 15 is 0 Å². The van der Waals surface area contributed by atoms with Crippen LogP contribution in [0.3, 0.4) is 0 Å². The van der Waals surface area contributed by atoms with Crippen molar-refractivity contribution >= 4 is 23.4 Å². The molecule has 2 aromatic rings. The highest BCUT2D eigenvalue weighted by atomic mass is 16.5. The highest BCUT2D eigenvalue weighted by Crippen LogP contribution is 2.28. The van der Waals surface area contributed by atoms with E-state index in [4.69, 9.17) is 9.47 Å². The molecular formula is C24H26N2O5. The minimum absolute atomic E-state index is 0.0465. The van der Waals surface area contributed by atoms with Crippen LogP contribution in [-0.4, -0.2) is 55.0 Å². The van der Waals surface area contributed by atoms with Crippen molar-refractivity contribution in [2.24, 2.45) is 0 Å². The molecule has 4 rings (SSSR count). The maximum Gasteiger partial charge on any atom is 0.257 e. The van der Waals surface area contributed by atoms with Crippen molar-refractivity contribution in [1.82, 2.24) is 4.90 Å². The first-order valence-corrected chi connectivity index (χ1v) is 10.5. The lowest BCUT2D eigenvalue weighted by molar-refractivity contribution is -0.122. The summed E-state index contributed by atoms with van der Waals surface area (Å²) in [4.78, 5) is 42.3. The number of imide groups is 1. The van der Waals surface area contributed by atoms with Crippen molar-refractivity contribution in [3.8, 4) is 5.75 Å². The van der Waals surface area contributed by atoms with Gasteiger partial charge in [-0.15, -0.1) is 0 Å². The molecule has 0 spiro atoms. The molecule has 0 saturated carbocycles. The van der Waals surface area contributed by atoms with E-state index in [1.54, 1.807) is 36.4 Å². The molecule has 0 aliphatic carbocycles. The Balaban J connectivity index is 1.64. The van der Waals surface area contributed by atoms with Crippen molar-refractivity contribution < 1.29 is 23.9 Å². The summed E-state index contributed by atoms with van der Waals surface area (Å²) >= 11 is 0. The minimum Gasteiger partial charge on any atom is -0.497 e. The Morgan fingerprint density at radius 3 is 2.65 bits per heavy atom. The lowest BCUT2D eigenvalue weighted by Gasteiger charge is -2.30. The molecule has 2 aliphatic rings. The molecule has 2 fully saturated rings. The summed E-state index contributed by atoms with van der Waals surface area (Å²) in [6, 6.07) is 13.2.